The number of rotatable bonds is 9. The third-order valence-corrected chi connectivity index (χ3v) is 4.60. The van der Waals surface area contributed by atoms with E-state index < -0.39 is 37.2 Å². The molecule has 0 fully saturated rings. The topological polar surface area (TPSA) is 124 Å². The van der Waals surface area contributed by atoms with Gasteiger partial charge in [-0.1, -0.05) is 0 Å². The van der Waals surface area contributed by atoms with Crippen molar-refractivity contribution in [3.63, 3.8) is 0 Å². The summed E-state index contributed by atoms with van der Waals surface area (Å²) in [4.78, 5) is 11.3. The summed E-state index contributed by atoms with van der Waals surface area (Å²) >= 11 is 0. The number of hydrogen-bond acceptors (Lipinski definition) is 7. The summed E-state index contributed by atoms with van der Waals surface area (Å²) in [6.07, 6.45) is -0.504. The van der Waals surface area contributed by atoms with E-state index in [4.69, 9.17) is 4.55 Å². The first-order valence-corrected chi connectivity index (χ1v) is 8.72. The zero-order chi connectivity index (χ0) is 15.1. The van der Waals surface area contributed by atoms with Gasteiger partial charge in [0.2, 0.25) is 0 Å². The van der Waals surface area contributed by atoms with Gasteiger partial charge in [-0.15, -0.1) is 0 Å². The molecule has 0 spiro atoms. The van der Waals surface area contributed by atoms with Crippen molar-refractivity contribution in [1.82, 2.24) is 0 Å². The third-order valence-electron chi connectivity index (χ3n) is 2.07. The third kappa shape index (κ3) is 7.45. The van der Waals surface area contributed by atoms with Gasteiger partial charge in [0.25, 0.3) is 20.2 Å². The summed E-state index contributed by atoms with van der Waals surface area (Å²) in [5, 5.41) is -1.77. The maximum absolute atomic E-state index is 11.3. The maximum Gasteiger partial charge on any atom is 0.326 e. The Morgan fingerprint density at radius 2 is 1.74 bits per heavy atom. The zero-order valence-corrected chi connectivity index (χ0v) is 12.4. The summed E-state index contributed by atoms with van der Waals surface area (Å²) in [6, 6.07) is 0. The highest BCUT2D eigenvalue weighted by molar-refractivity contribution is 7.87. The van der Waals surface area contributed by atoms with Crippen molar-refractivity contribution in [2.24, 2.45) is 0 Å². The van der Waals surface area contributed by atoms with E-state index >= 15 is 0 Å². The summed E-state index contributed by atoms with van der Waals surface area (Å²) in [6.45, 7) is 2.92. The summed E-state index contributed by atoms with van der Waals surface area (Å²) in [5.41, 5.74) is 0. The first-order valence-electron chi connectivity index (χ1n) is 5.64. The van der Waals surface area contributed by atoms with E-state index in [-0.39, 0.29) is 26.1 Å². The average molecular weight is 318 g/mol. The first kappa shape index (κ1) is 18.3. The van der Waals surface area contributed by atoms with Crippen LogP contribution >= 0.6 is 0 Å². The molecular weight excluding hydrogens is 300 g/mol. The highest BCUT2D eigenvalue weighted by Crippen LogP contribution is 2.11. The van der Waals surface area contributed by atoms with Crippen LogP contribution < -0.4 is 0 Å². The van der Waals surface area contributed by atoms with Crippen LogP contribution in [0.3, 0.4) is 0 Å². The lowest BCUT2D eigenvalue weighted by Crippen LogP contribution is -2.32. The van der Waals surface area contributed by atoms with Gasteiger partial charge in [0.15, 0.2) is 5.25 Å². The number of ether oxygens (including phenoxy) is 1. The Morgan fingerprint density at radius 3 is 2.16 bits per heavy atom. The van der Waals surface area contributed by atoms with Gasteiger partial charge in [-0.2, -0.15) is 16.8 Å². The second kappa shape index (κ2) is 7.78. The van der Waals surface area contributed by atoms with Gasteiger partial charge >= 0.3 is 5.97 Å². The lowest BCUT2D eigenvalue weighted by Gasteiger charge is -2.12. The summed E-state index contributed by atoms with van der Waals surface area (Å²) < 4.78 is 62.3. The van der Waals surface area contributed by atoms with E-state index in [1.807, 2.05) is 0 Å². The van der Waals surface area contributed by atoms with Gasteiger partial charge in [0.1, 0.15) is 0 Å². The number of carbonyl (C=O) groups excluding carboxylic acids is 1. The minimum absolute atomic E-state index is 0.0259. The molecule has 0 aliphatic rings. The minimum Gasteiger partial charge on any atom is -0.465 e. The molecule has 0 radical (unpaired) electrons. The highest BCUT2D eigenvalue weighted by Gasteiger charge is 2.32. The van der Waals surface area contributed by atoms with E-state index in [0.717, 1.165) is 0 Å². The lowest BCUT2D eigenvalue weighted by atomic mass is 10.2. The predicted octanol–water partition coefficient (Wildman–Crippen LogP) is -0.0476. The van der Waals surface area contributed by atoms with Crippen LogP contribution in [0.1, 0.15) is 26.7 Å². The fourth-order valence-electron chi connectivity index (χ4n) is 1.31. The fraction of sp³-hybridized carbons (Fsp3) is 0.889. The van der Waals surface area contributed by atoms with Crippen LogP contribution in [0, 0.1) is 0 Å². The van der Waals surface area contributed by atoms with Crippen LogP contribution in [0.25, 0.3) is 0 Å². The molecule has 0 aromatic rings. The number of hydrogen-bond donors (Lipinski definition) is 1. The zero-order valence-electron chi connectivity index (χ0n) is 10.7. The molecule has 0 rings (SSSR count). The van der Waals surface area contributed by atoms with Gasteiger partial charge < -0.3 is 4.74 Å². The normalized spacial score (nSPS) is 14.1. The average Bonchev–Trinajstić information content (AvgIpc) is 2.22. The molecule has 114 valence electrons. The number of esters is 1. The Morgan fingerprint density at radius 1 is 1.16 bits per heavy atom. The molecule has 0 bridgehead atoms. The summed E-state index contributed by atoms with van der Waals surface area (Å²) in [7, 11) is -8.37. The fourth-order valence-corrected chi connectivity index (χ4v) is 3.08. The molecule has 10 heteroatoms. The van der Waals surface area contributed by atoms with Crippen LogP contribution in [-0.4, -0.2) is 51.6 Å². The molecular formula is C9H18O8S2. The summed E-state index contributed by atoms with van der Waals surface area (Å²) in [5.74, 6) is -1.54. The molecule has 1 atom stereocenters. The molecule has 0 aromatic carbocycles. The van der Waals surface area contributed by atoms with Gasteiger partial charge in [-0.3, -0.25) is 13.5 Å². The Kier molecular flexibility index (Phi) is 7.49. The molecule has 0 saturated carbocycles. The van der Waals surface area contributed by atoms with Crippen LogP contribution in [0.2, 0.25) is 0 Å². The van der Waals surface area contributed by atoms with Crippen molar-refractivity contribution in [2.45, 2.75) is 31.9 Å². The molecule has 0 saturated heterocycles. The number of carbonyl (C=O) groups is 1. The molecule has 8 nitrogen and oxygen atoms in total. The maximum atomic E-state index is 11.3. The smallest absolute Gasteiger partial charge is 0.326 e. The Bertz CT molecular complexity index is 478. The van der Waals surface area contributed by atoms with Crippen molar-refractivity contribution in [3.8, 4) is 0 Å². The van der Waals surface area contributed by atoms with E-state index in [9.17, 15) is 21.6 Å². The second-order valence-corrected chi connectivity index (χ2v) is 6.92. The molecule has 19 heavy (non-hydrogen) atoms. The van der Waals surface area contributed by atoms with E-state index in [0.29, 0.717) is 0 Å². The van der Waals surface area contributed by atoms with Gasteiger partial charge in [-0.05, 0) is 26.7 Å². The molecule has 0 aliphatic carbocycles. The lowest BCUT2D eigenvalue weighted by molar-refractivity contribution is -0.142. The van der Waals surface area contributed by atoms with Crippen molar-refractivity contribution < 1.29 is 35.1 Å². The molecule has 0 amide bonds. The standard InChI is InChI=1S/C9H18O8S2/c1-3-16-9(10)8(19(13,14)15)6-5-7-18(11,12)17-4-2/h8H,3-7H2,1-2H3,(H,13,14,15). The Balaban J connectivity index is 4.58. The van der Waals surface area contributed by atoms with E-state index in [2.05, 4.69) is 8.92 Å². The van der Waals surface area contributed by atoms with Crippen LogP contribution in [0.4, 0.5) is 0 Å². The second-order valence-electron chi connectivity index (χ2n) is 3.57. The van der Waals surface area contributed by atoms with Crippen LogP contribution in [-0.2, 0) is 34.0 Å². The minimum atomic E-state index is -4.63. The van der Waals surface area contributed by atoms with E-state index in [1.165, 1.54) is 13.8 Å². The van der Waals surface area contributed by atoms with Crippen molar-refractivity contribution >= 4 is 26.2 Å². The largest absolute Gasteiger partial charge is 0.465 e. The molecule has 0 heterocycles. The molecule has 0 aromatic heterocycles. The van der Waals surface area contributed by atoms with Crippen LogP contribution in [0.15, 0.2) is 0 Å². The molecule has 1 unspecified atom stereocenters. The predicted molar refractivity (Wildman–Crippen MR) is 66.6 cm³/mol. The SMILES string of the molecule is CCOC(=O)C(CCCS(=O)(=O)OCC)S(=O)(=O)O. The quantitative estimate of drug-likeness (QED) is 0.356. The monoisotopic (exact) mass is 318 g/mol. The Hall–Kier alpha value is -0.710. The van der Waals surface area contributed by atoms with Crippen molar-refractivity contribution in [1.29, 1.82) is 0 Å². The molecule has 0 aliphatic heterocycles. The van der Waals surface area contributed by atoms with E-state index in [1.54, 1.807) is 0 Å². The van der Waals surface area contributed by atoms with Gasteiger partial charge in [0, 0.05) is 0 Å². The van der Waals surface area contributed by atoms with Gasteiger partial charge in [-0.25, -0.2) is 0 Å². The van der Waals surface area contributed by atoms with Crippen molar-refractivity contribution in [3.05, 3.63) is 0 Å². The van der Waals surface area contributed by atoms with Gasteiger partial charge in [0.05, 0.1) is 19.0 Å². The Labute approximate surface area is 113 Å². The first-order chi connectivity index (χ1) is 8.64. The van der Waals surface area contributed by atoms with Crippen molar-refractivity contribution in [2.75, 3.05) is 19.0 Å². The highest BCUT2D eigenvalue weighted by atomic mass is 32.2. The molecule has 1 N–H and O–H groups in total. The van der Waals surface area contributed by atoms with Crippen LogP contribution in [0.5, 0.6) is 0 Å².